The lowest BCUT2D eigenvalue weighted by atomic mass is 9.83. The molecule has 1 atom stereocenters. The zero-order valence-corrected chi connectivity index (χ0v) is 12.6. The molecule has 0 saturated carbocycles. The number of halogens is 3. The van der Waals surface area contributed by atoms with Crippen molar-refractivity contribution in [3.8, 4) is 0 Å². The quantitative estimate of drug-likeness (QED) is 0.619. The molecule has 4 nitrogen and oxygen atoms in total. The normalized spacial score (nSPS) is 21.6. The Kier molecular flexibility index (Phi) is 3.54. The lowest BCUT2D eigenvalue weighted by Gasteiger charge is -2.31. The second-order valence-electron chi connectivity index (χ2n) is 4.73. The molecule has 1 saturated heterocycles. The van der Waals surface area contributed by atoms with Gasteiger partial charge in [0.25, 0.3) is 5.91 Å². The molecule has 0 N–H and O–H groups in total. The van der Waals surface area contributed by atoms with Crippen LogP contribution < -0.4 is 0 Å². The summed E-state index contributed by atoms with van der Waals surface area (Å²) in [6.45, 7) is 0. The fourth-order valence-electron chi connectivity index (χ4n) is 2.54. The third kappa shape index (κ3) is 1.90. The number of rotatable bonds is 2. The first kappa shape index (κ1) is 14.8. The van der Waals surface area contributed by atoms with Gasteiger partial charge in [0.2, 0.25) is 0 Å². The molecule has 22 heavy (non-hydrogen) atoms. The highest BCUT2D eigenvalue weighted by atomic mass is 35.5. The van der Waals surface area contributed by atoms with Gasteiger partial charge in [-0.2, -0.15) is 4.42 Å². The van der Waals surface area contributed by atoms with Gasteiger partial charge in [0.1, 0.15) is 5.82 Å². The van der Waals surface area contributed by atoms with Crippen molar-refractivity contribution in [3.05, 3.63) is 71.5 Å². The van der Waals surface area contributed by atoms with Crippen LogP contribution in [-0.4, -0.2) is 20.8 Å². The Morgan fingerprint density at radius 2 is 1.41 bits per heavy atom. The van der Waals surface area contributed by atoms with Crippen LogP contribution in [0.3, 0.4) is 0 Å². The van der Waals surface area contributed by atoms with Crippen molar-refractivity contribution in [2.75, 3.05) is 0 Å². The van der Waals surface area contributed by atoms with Crippen LogP contribution in [0.4, 0.5) is 9.18 Å². The van der Waals surface area contributed by atoms with Crippen molar-refractivity contribution < 1.29 is 14.0 Å². The average molecular weight is 339 g/mol. The van der Waals surface area contributed by atoms with Gasteiger partial charge >= 0.3 is 6.03 Å². The Balaban J connectivity index is 2.31. The number of carbonyl (C=O) groups excluding carboxylic acids is 2. The Labute approximate surface area is 135 Å². The van der Waals surface area contributed by atoms with Crippen LogP contribution >= 0.6 is 23.6 Å². The summed E-state index contributed by atoms with van der Waals surface area (Å²) >= 11 is 11.9. The number of amides is 3. The van der Waals surface area contributed by atoms with Crippen LogP contribution in [0.25, 0.3) is 0 Å². The zero-order chi connectivity index (χ0) is 15.9. The molecular weight excluding hydrogens is 330 g/mol. The number of hydrogen-bond donors (Lipinski definition) is 0. The molecule has 2 aromatic carbocycles. The van der Waals surface area contributed by atoms with Gasteiger partial charge in [-0.05, 0) is 23.3 Å². The van der Waals surface area contributed by atoms with Gasteiger partial charge in [0, 0.05) is 23.6 Å². The van der Waals surface area contributed by atoms with Crippen molar-refractivity contribution >= 4 is 35.5 Å². The number of benzene rings is 2. The van der Waals surface area contributed by atoms with E-state index in [0.717, 1.165) is 4.42 Å². The van der Waals surface area contributed by atoms with Gasteiger partial charge in [-0.15, -0.1) is 0 Å². The Morgan fingerprint density at radius 3 is 1.91 bits per heavy atom. The zero-order valence-electron chi connectivity index (χ0n) is 11.0. The van der Waals surface area contributed by atoms with Crippen LogP contribution in [-0.2, 0) is 10.3 Å². The smallest absolute Gasteiger partial charge is 0.269 e. The fourth-order valence-corrected chi connectivity index (χ4v) is 3.12. The highest BCUT2D eigenvalue weighted by Gasteiger charge is 2.59. The van der Waals surface area contributed by atoms with Crippen LogP contribution in [0, 0.1) is 5.82 Å². The van der Waals surface area contributed by atoms with Crippen LogP contribution in [0.5, 0.6) is 0 Å². The summed E-state index contributed by atoms with van der Waals surface area (Å²) in [4.78, 5) is 24.7. The molecule has 112 valence electrons. The average Bonchev–Trinajstić information content (AvgIpc) is 2.71. The first-order valence-corrected chi connectivity index (χ1v) is 6.99. The molecular formula is C15H9Cl2FN2O2. The van der Waals surface area contributed by atoms with E-state index in [1.54, 1.807) is 30.3 Å². The van der Waals surface area contributed by atoms with E-state index in [4.69, 9.17) is 23.6 Å². The minimum atomic E-state index is -1.63. The molecule has 1 fully saturated rings. The molecule has 1 heterocycles. The predicted octanol–water partition coefficient (Wildman–Crippen LogP) is 3.64. The van der Waals surface area contributed by atoms with E-state index in [2.05, 4.69) is 0 Å². The van der Waals surface area contributed by atoms with Gasteiger partial charge in [-0.1, -0.05) is 42.5 Å². The summed E-state index contributed by atoms with van der Waals surface area (Å²) in [6.07, 6.45) is 0. The Morgan fingerprint density at radius 1 is 0.864 bits per heavy atom. The van der Waals surface area contributed by atoms with Gasteiger partial charge in [0.05, 0.1) is 0 Å². The van der Waals surface area contributed by atoms with Crippen molar-refractivity contribution in [2.24, 2.45) is 0 Å². The van der Waals surface area contributed by atoms with Crippen molar-refractivity contribution in [2.45, 2.75) is 5.54 Å². The third-order valence-corrected chi connectivity index (χ3v) is 4.27. The van der Waals surface area contributed by atoms with Gasteiger partial charge in [-0.3, -0.25) is 4.79 Å². The Hall–Kier alpha value is -2.11. The fraction of sp³-hybridized carbons (Fsp3) is 0.0667. The molecule has 3 rings (SSSR count). The molecule has 1 aliphatic rings. The molecule has 2 aromatic rings. The molecule has 7 heteroatoms. The van der Waals surface area contributed by atoms with E-state index >= 15 is 0 Å². The molecule has 3 amide bonds. The first-order valence-electron chi connectivity index (χ1n) is 6.31. The monoisotopic (exact) mass is 338 g/mol. The minimum absolute atomic E-state index is 0.344. The first-order chi connectivity index (χ1) is 10.5. The number of urea groups is 1. The third-order valence-electron chi connectivity index (χ3n) is 3.57. The summed E-state index contributed by atoms with van der Waals surface area (Å²) < 4.78 is 14.4. The van der Waals surface area contributed by atoms with Gasteiger partial charge in [0.15, 0.2) is 5.54 Å². The van der Waals surface area contributed by atoms with Crippen LogP contribution in [0.2, 0.25) is 0 Å². The van der Waals surface area contributed by atoms with E-state index in [1.807, 2.05) is 0 Å². The maximum Gasteiger partial charge on any atom is 0.358 e. The molecule has 0 aromatic heterocycles. The maximum absolute atomic E-state index is 13.2. The largest absolute Gasteiger partial charge is 0.358 e. The summed E-state index contributed by atoms with van der Waals surface area (Å²) in [5, 5.41) is 0. The lowest BCUT2D eigenvalue weighted by molar-refractivity contribution is -0.128. The van der Waals surface area contributed by atoms with E-state index in [9.17, 15) is 14.0 Å². The highest BCUT2D eigenvalue weighted by Crippen LogP contribution is 2.44. The summed E-state index contributed by atoms with van der Waals surface area (Å²) in [6, 6.07) is 12.8. The molecule has 0 spiro atoms. The van der Waals surface area contributed by atoms with E-state index in [-0.39, 0.29) is 0 Å². The van der Waals surface area contributed by atoms with E-state index in [0.29, 0.717) is 15.5 Å². The van der Waals surface area contributed by atoms with E-state index in [1.165, 1.54) is 24.3 Å². The topological polar surface area (TPSA) is 40.6 Å². The molecule has 1 unspecified atom stereocenters. The molecule has 0 aliphatic carbocycles. The van der Waals surface area contributed by atoms with Crippen LogP contribution in [0.1, 0.15) is 11.1 Å². The Bertz CT molecular complexity index is 739. The molecule has 0 radical (unpaired) electrons. The predicted molar refractivity (Wildman–Crippen MR) is 79.4 cm³/mol. The van der Waals surface area contributed by atoms with Gasteiger partial charge < -0.3 is 0 Å². The van der Waals surface area contributed by atoms with Crippen molar-refractivity contribution in [1.29, 1.82) is 0 Å². The minimum Gasteiger partial charge on any atom is -0.269 e. The van der Waals surface area contributed by atoms with Crippen molar-refractivity contribution in [3.63, 3.8) is 0 Å². The highest BCUT2D eigenvalue weighted by molar-refractivity contribution is 6.39. The number of hydrogen-bond acceptors (Lipinski definition) is 2. The van der Waals surface area contributed by atoms with Crippen molar-refractivity contribution in [1.82, 2.24) is 8.84 Å². The second kappa shape index (κ2) is 5.26. The van der Waals surface area contributed by atoms with Crippen LogP contribution in [0.15, 0.2) is 54.6 Å². The number of carbonyl (C=O) groups is 2. The summed E-state index contributed by atoms with van der Waals surface area (Å²) in [5.41, 5.74) is -0.829. The maximum atomic E-state index is 13.2. The number of nitrogens with zero attached hydrogens (tertiary/aromatic N) is 2. The summed E-state index contributed by atoms with van der Waals surface area (Å²) in [5.74, 6) is -1.18. The summed E-state index contributed by atoms with van der Waals surface area (Å²) in [7, 11) is 0. The van der Waals surface area contributed by atoms with Gasteiger partial charge in [-0.25, -0.2) is 13.6 Å². The standard InChI is InChI=1S/C15H9Cl2FN2O2/c16-19-13(21)15(20(17)14(19)22,10-4-2-1-3-5-10)11-6-8-12(18)9-7-11/h1-9H. The number of imide groups is 1. The molecule has 1 aliphatic heterocycles. The lowest BCUT2D eigenvalue weighted by Crippen LogP contribution is -2.43. The second-order valence-corrected chi connectivity index (χ2v) is 5.41. The van der Waals surface area contributed by atoms with E-state index < -0.39 is 23.3 Å². The molecule has 0 bridgehead atoms. The SMILES string of the molecule is O=C1N(Cl)C(=O)C(c2ccccc2)(c2ccc(F)cc2)N1Cl.